The monoisotopic (exact) mass is 244 g/mol. The maximum atomic E-state index is 11.9. The fraction of sp³-hybridized carbons (Fsp3) is 0.231. The van der Waals surface area contributed by atoms with Crippen molar-refractivity contribution in [2.45, 2.75) is 18.4 Å². The van der Waals surface area contributed by atoms with Crippen molar-refractivity contribution in [1.82, 2.24) is 9.97 Å². The molecular weight excluding hydrogens is 232 g/mol. The van der Waals surface area contributed by atoms with Crippen molar-refractivity contribution in [3.63, 3.8) is 0 Å². The van der Waals surface area contributed by atoms with E-state index in [1.54, 1.807) is 11.8 Å². The Balaban J connectivity index is 2.20. The summed E-state index contributed by atoms with van der Waals surface area (Å²) in [5, 5.41) is 0. The lowest BCUT2D eigenvalue weighted by molar-refractivity contribution is 1.03. The molecular formula is C13H12N2OS. The molecule has 0 radical (unpaired) electrons. The number of nitrogens with zero attached hydrogens (tertiary/aromatic N) is 1. The Labute approximate surface area is 103 Å². The number of fused-ring (bicyclic) bond motifs is 1. The zero-order chi connectivity index (χ0) is 11.8. The van der Waals surface area contributed by atoms with Crippen LogP contribution in [-0.2, 0) is 11.5 Å². The summed E-state index contributed by atoms with van der Waals surface area (Å²) >= 11 is 1.74. The zero-order valence-corrected chi connectivity index (χ0v) is 10.3. The number of aryl methyl sites for hydroxylation is 1. The third kappa shape index (κ3) is 1.78. The molecule has 1 aromatic carbocycles. The minimum absolute atomic E-state index is 0.0123. The molecule has 1 aliphatic rings. The van der Waals surface area contributed by atoms with E-state index < -0.39 is 0 Å². The minimum atomic E-state index is 0.0123. The molecule has 1 aliphatic heterocycles. The van der Waals surface area contributed by atoms with Gasteiger partial charge in [-0.25, -0.2) is 4.98 Å². The molecule has 1 N–H and O–H groups in total. The summed E-state index contributed by atoms with van der Waals surface area (Å²) in [6.07, 6.45) is 0. The van der Waals surface area contributed by atoms with Crippen LogP contribution in [-0.4, -0.2) is 9.97 Å². The standard InChI is InChI=1S/C13H12N2OS/c1-8-4-2-3-5-9(8)12-14-11-7-17-6-10(11)13(16)15-12/h2-5H,6-7H2,1H3,(H,14,15,16). The number of hydrogen-bond donors (Lipinski definition) is 1. The lowest BCUT2D eigenvalue weighted by Crippen LogP contribution is -2.15. The highest BCUT2D eigenvalue weighted by molar-refractivity contribution is 7.98. The molecule has 0 aliphatic carbocycles. The smallest absolute Gasteiger partial charge is 0.255 e. The Morgan fingerprint density at radius 2 is 2.12 bits per heavy atom. The summed E-state index contributed by atoms with van der Waals surface area (Å²) in [6.45, 7) is 2.03. The number of rotatable bonds is 1. The Kier molecular flexibility index (Phi) is 2.52. The van der Waals surface area contributed by atoms with E-state index in [9.17, 15) is 4.79 Å². The molecule has 0 spiro atoms. The highest BCUT2D eigenvalue weighted by Crippen LogP contribution is 2.27. The molecule has 0 atom stereocenters. The van der Waals surface area contributed by atoms with Gasteiger partial charge in [0.2, 0.25) is 0 Å². The molecule has 4 heteroatoms. The second-order valence-electron chi connectivity index (χ2n) is 4.15. The highest BCUT2D eigenvalue weighted by atomic mass is 32.2. The van der Waals surface area contributed by atoms with Gasteiger partial charge in [0, 0.05) is 22.6 Å². The van der Waals surface area contributed by atoms with Gasteiger partial charge in [0.05, 0.1) is 5.69 Å². The lowest BCUT2D eigenvalue weighted by Gasteiger charge is -2.06. The predicted octanol–water partition coefficient (Wildman–Crippen LogP) is 2.49. The number of nitrogens with one attached hydrogen (secondary N) is 1. The first-order chi connectivity index (χ1) is 8.25. The van der Waals surface area contributed by atoms with E-state index in [2.05, 4.69) is 9.97 Å². The van der Waals surface area contributed by atoms with Crippen molar-refractivity contribution >= 4 is 11.8 Å². The summed E-state index contributed by atoms with van der Waals surface area (Å²) in [5.74, 6) is 2.32. The lowest BCUT2D eigenvalue weighted by atomic mass is 10.1. The molecule has 3 rings (SSSR count). The molecule has 0 saturated carbocycles. The van der Waals surface area contributed by atoms with Crippen molar-refractivity contribution in [1.29, 1.82) is 0 Å². The van der Waals surface area contributed by atoms with Gasteiger partial charge in [-0.3, -0.25) is 4.79 Å². The van der Waals surface area contributed by atoms with Gasteiger partial charge in [-0.15, -0.1) is 0 Å². The molecule has 0 saturated heterocycles. The van der Waals surface area contributed by atoms with E-state index in [1.807, 2.05) is 31.2 Å². The van der Waals surface area contributed by atoms with Crippen molar-refractivity contribution < 1.29 is 0 Å². The highest BCUT2D eigenvalue weighted by Gasteiger charge is 2.18. The van der Waals surface area contributed by atoms with Crippen molar-refractivity contribution in [2.75, 3.05) is 0 Å². The van der Waals surface area contributed by atoms with E-state index in [-0.39, 0.29) is 5.56 Å². The molecule has 17 heavy (non-hydrogen) atoms. The maximum Gasteiger partial charge on any atom is 0.255 e. The van der Waals surface area contributed by atoms with Gasteiger partial charge < -0.3 is 4.98 Å². The molecule has 1 aromatic heterocycles. The number of hydrogen-bond acceptors (Lipinski definition) is 3. The molecule has 0 unspecified atom stereocenters. The van der Waals surface area contributed by atoms with E-state index in [4.69, 9.17) is 0 Å². The third-order valence-corrected chi connectivity index (χ3v) is 3.96. The number of H-pyrrole nitrogens is 1. The van der Waals surface area contributed by atoms with Crippen LogP contribution in [0, 0.1) is 6.92 Å². The Hall–Kier alpha value is -1.55. The first-order valence-corrected chi connectivity index (χ1v) is 6.67. The Morgan fingerprint density at radius 3 is 2.94 bits per heavy atom. The van der Waals surface area contributed by atoms with Gasteiger partial charge in [-0.1, -0.05) is 24.3 Å². The van der Waals surface area contributed by atoms with Gasteiger partial charge in [0.1, 0.15) is 5.82 Å². The summed E-state index contributed by atoms with van der Waals surface area (Å²) < 4.78 is 0. The van der Waals surface area contributed by atoms with E-state index in [1.165, 1.54) is 0 Å². The number of thioether (sulfide) groups is 1. The summed E-state index contributed by atoms with van der Waals surface area (Å²) in [6, 6.07) is 7.96. The topological polar surface area (TPSA) is 45.8 Å². The second kappa shape index (κ2) is 4.04. The fourth-order valence-electron chi connectivity index (χ4n) is 2.03. The predicted molar refractivity (Wildman–Crippen MR) is 70.0 cm³/mol. The van der Waals surface area contributed by atoms with E-state index >= 15 is 0 Å². The largest absolute Gasteiger partial charge is 0.306 e. The van der Waals surface area contributed by atoms with Crippen molar-refractivity contribution in [2.24, 2.45) is 0 Å². The quantitative estimate of drug-likeness (QED) is 0.838. The SMILES string of the molecule is Cc1ccccc1-c1nc2c(c(=O)[nH]1)CSC2. The summed E-state index contributed by atoms with van der Waals surface area (Å²) in [5.41, 5.74) is 3.92. The van der Waals surface area contributed by atoms with Crippen LogP contribution in [0.2, 0.25) is 0 Å². The van der Waals surface area contributed by atoms with Crippen LogP contribution in [0.15, 0.2) is 29.1 Å². The number of benzene rings is 1. The normalized spacial score (nSPS) is 13.7. The summed E-state index contributed by atoms with van der Waals surface area (Å²) in [4.78, 5) is 19.4. The van der Waals surface area contributed by atoms with Gasteiger partial charge in [-0.05, 0) is 12.5 Å². The van der Waals surface area contributed by atoms with Crippen LogP contribution in [0.4, 0.5) is 0 Å². The minimum Gasteiger partial charge on any atom is -0.306 e. The van der Waals surface area contributed by atoms with Crippen molar-refractivity contribution in [3.05, 3.63) is 51.4 Å². The molecule has 86 valence electrons. The molecule has 2 aromatic rings. The molecule has 0 amide bonds. The summed E-state index contributed by atoms with van der Waals surface area (Å²) in [7, 11) is 0. The third-order valence-electron chi connectivity index (χ3n) is 2.99. The first-order valence-electron chi connectivity index (χ1n) is 5.51. The maximum absolute atomic E-state index is 11.9. The zero-order valence-electron chi connectivity index (χ0n) is 9.49. The van der Waals surface area contributed by atoms with Gasteiger partial charge in [0.25, 0.3) is 5.56 Å². The Morgan fingerprint density at radius 1 is 1.29 bits per heavy atom. The Bertz CT molecular complexity index is 634. The number of aromatic amines is 1. The molecule has 0 bridgehead atoms. The van der Waals surface area contributed by atoms with Gasteiger partial charge >= 0.3 is 0 Å². The average molecular weight is 244 g/mol. The van der Waals surface area contributed by atoms with Crippen LogP contribution in [0.3, 0.4) is 0 Å². The van der Waals surface area contributed by atoms with E-state index in [0.29, 0.717) is 5.82 Å². The van der Waals surface area contributed by atoms with E-state index in [0.717, 1.165) is 33.9 Å². The van der Waals surface area contributed by atoms with Gasteiger partial charge in [0.15, 0.2) is 0 Å². The van der Waals surface area contributed by atoms with Crippen LogP contribution >= 0.6 is 11.8 Å². The average Bonchev–Trinajstić information content (AvgIpc) is 2.78. The first kappa shape index (κ1) is 10.6. The van der Waals surface area contributed by atoms with Crippen LogP contribution in [0.1, 0.15) is 16.8 Å². The van der Waals surface area contributed by atoms with Crippen LogP contribution in [0.5, 0.6) is 0 Å². The second-order valence-corrected chi connectivity index (χ2v) is 5.13. The van der Waals surface area contributed by atoms with Crippen LogP contribution in [0.25, 0.3) is 11.4 Å². The molecule has 0 fully saturated rings. The molecule has 2 heterocycles. The van der Waals surface area contributed by atoms with Gasteiger partial charge in [-0.2, -0.15) is 11.8 Å². The fourth-order valence-corrected chi connectivity index (χ4v) is 3.06. The van der Waals surface area contributed by atoms with Crippen molar-refractivity contribution in [3.8, 4) is 11.4 Å². The van der Waals surface area contributed by atoms with Crippen LogP contribution < -0.4 is 5.56 Å². The molecule has 3 nitrogen and oxygen atoms in total. The number of aromatic nitrogens is 2.